The Kier molecular flexibility index (Phi) is 3.83. The van der Waals surface area contributed by atoms with E-state index < -0.39 is 0 Å². The van der Waals surface area contributed by atoms with Crippen molar-refractivity contribution in [1.29, 1.82) is 0 Å². The fourth-order valence-corrected chi connectivity index (χ4v) is 1.97. The molecular formula is C11H13N5OS. The van der Waals surface area contributed by atoms with Crippen LogP contribution in [0.2, 0.25) is 0 Å². The largest absolute Gasteiger partial charge is 0.330 e. The van der Waals surface area contributed by atoms with Crippen LogP contribution >= 0.6 is 11.3 Å². The SMILES string of the molecule is Cc1nnc(NC(=O)N[C@@H](C)c2ccccn2)s1. The van der Waals surface area contributed by atoms with E-state index in [0.29, 0.717) is 5.13 Å². The van der Waals surface area contributed by atoms with Gasteiger partial charge in [-0.05, 0) is 26.0 Å². The third-order valence-electron chi connectivity index (χ3n) is 2.23. The number of carbonyl (C=O) groups is 1. The van der Waals surface area contributed by atoms with E-state index in [0.717, 1.165) is 10.7 Å². The van der Waals surface area contributed by atoms with Crippen LogP contribution < -0.4 is 10.6 Å². The summed E-state index contributed by atoms with van der Waals surface area (Å²) < 4.78 is 0. The van der Waals surface area contributed by atoms with E-state index in [2.05, 4.69) is 25.8 Å². The first kappa shape index (κ1) is 12.4. The molecule has 1 atom stereocenters. The Morgan fingerprint density at radius 1 is 1.39 bits per heavy atom. The highest BCUT2D eigenvalue weighted by Gasteiger charge is 2.11. The van der Waals surface area contributed by atoms with Gasteiger partial charge in [0.2, 0.25) is 5.13 Å². The van der Waals surface area contributed by atoms with Crippen LogP contribution in [-0.4, -0.2) is 21.2 Å². The summed E-state index contributed by atoms with van der Waals surface area (Å²) in [6.07, 6.45) is 1.69. The lowest BCUT2D eigenvalue weighted by atomic mass is 10.2. The molecule has 2 rings (SSSR count). The lowest BCUT2D eigenvalue weighted by molar-refractivity contribution is 0.249. The van der Waals surface area contributed by atoms with Crippen LogP contribution in [0.5, 0.6) is 0 Å². The normalized spacial score (nSPS) is 11.9. The second-order valence-corrected chi connectivity index (χ2v) is 4.88. The number of aromatic nitrogens is 3. The van der Waals surface area contributed by atoms with Gasteiger partial charge in [0.25, 0.3) is 0 Å². The molecule has 0 aliphatic carbocycles. The van der Waals surface area contributed by atoms with Crippen LogP contribution in [0.4, 0.5) is 9.93 Å². The second kappa shape index (κ2) is 5.54. The first-order valence-corrected chi connectivity index (χ1v) is 6.25. The molecule has 0 fully saturated rings. The van der Waals surface area contributed by atoms with Crippen molar-refractivity contribution in [2.75, 3.05) is 5.32 Å². The predicted molar refractivity (Wildman–Crippen MR) is 69.5 cm³/mol. The fourth-order valence-electron chi connectivity index (χ4n) is 1.38. The summed E-state index contributed by atoms with van der Waals surface area (Å²) in [5.74, 6) is 0. The van der Waals surface area contributed by atoms with E-state index in [1.807, 2.05) is 32.0 Å². The molecule has 2 amide bonds. The number of nitrogens with one attached hydrogen (secondary N) is 2. The third kappa shape index (κ3) is 3.24. The first-order valence-electron chi connectivity index (χ1n) is 5.43. The van der Waals surface area contributed by atoms with E-state index in [-0.39, 0.29) is 12.1 Å². The molecule has 0 bridgehead atoms. The van der Waals surface area contributed by atoms with Gasteiger partial charge in [0.15, 0.2) is 0 Å². The van der Waals surface area contributed by atoms with Gasteiger partial charge < -0.3 is 5.32 Å². The van der Waals surface area contributed by atoms with E-state index >= 15 is 0 Å². The van der Waals surface area contributed by atoms with Gasteiger partial charge in [-0.1, -0.05) is 17.4 Å². The van der Waals surface area contributed by atoms with Gasteiger partial charge in [-0.3, -0.25) is 10.3 Å². The minimum atomic E-state index is -0.315. The molecule has 0 aromatic carbocycles. The van der Waals surface area contributed by atoms with E-state index in [1.54, 1.807) is 6.20 Å². The number of carbonyl (C=O) groups excluding carboxylic acids is 1. The average molecular weight is 263 g/mol. The Bertz CT molecular complexity index is 527. The Balaban J connectivity index is 1.92. The van der Waals surface area contributed by atoms with Crippen LogP contribution in [0.15, 0.2) is 24.4 Å². The summed E-state index contributed by atoms with van der Waals surface area (Å²) in [5, 5.41) is 14.3. The minimum absolute atomic E-state index is 0.166. The molecular weight excluding hydrogens is 250 g/mol. The van der Waals surface area contributed by atoms with Gasteiger partial charge in [-0.2, -0.15) is 0 Å². The summed E-state index contributed by atoms with van der Waals surface area (Å²) >= 11 is 1.33. The zero-order valence-electron chi connectivity index (χ0n) is 10.0. The summed E-state index contributed by atoms with van der Waals surface area (Å²) in [6, 6.07) is 5.09. The molecule has 0 unspecified atom stereocenters. The molecule has 0 radical (unpaired) electrons. The lowest BCUT2D eigenvalue weighted by Crippen LogP contribution is -2.31. The van der Waals surface area contributed by atoms with Crippen molar-refractivity contribution in [2.24, 2.45) is 0 Å². The maximum Gasteiger partial charge on any atom is 0.321 e. The van der Waals surface area contributed by atoms with Crippen molar-refractivity contribution in [1.82, 2.24) is 20.5 Å². The highest BCUT2D eigenvalue weighted by atomic mass is 32.1. The predicted octanol–water partition coefficient (Wildman–Crippen LogP) is 2.12. The number of amides is 2. The molecule has 2 N–H and O–H groups in total. The maximum absolute atomic E-state index is 11.7. The van der Waals surface area contributed by atoms with Crippen molar-refractivity contribution in [3.63, 3.8) is 0 Å². The highest BCUT2D eigenvalue weighted by Crippen LogP contribution is 2.14. The molecule has 94 valence electrons. The van der Waals surface area contributed by atoms with Gasteiger partial charge in [-0.25, -0.2) is 4.79 Å². The van der Waals surface area contributed by atoms with Crippen LogP contribution in [-0.2, 0) is 0 Å². The number of urea groups is 1. The van der Waals surface area contributed by atoms with Crippen molar-refractivity contribution in [3.8, 4) is 0 Å². The van der Waals surface area contributed by atoms with Gasteiger partial charge >= 0.3 is 6.03 Å². The first-order chi connectivity index (χ1) is 8.65. The molecule has 7 heteroatoms. The lowest BCUT2D eigenvalue weighted by Gasteiger charge is -2.12. The number of pyridine rings is 1. The Morgan fingerprint density at radius 2 is 2.22 bits per heavy atom. The minimum Gasteiger partial charge on any atom is -0.330 e. The second-order valence-electron chi connectivity index (χ2n) is 3.70. The van der Waals surface area contributed by atoms with Crippen LogP contribution in [0.25, 0.3) is 0 Å². The maximum atomic E-state index is 11.7. The summed E-state index contributed by atoms with van der Waals surface area (Å²) in [7, 11) is 0. The molecule has 0 saturated carbocycles. The van der Waals surface area contributed by atoms with Gasteiger partial charge in [-0.15, -0.1) is 10.2 Å². The van der Waals surface area contributed by atoms with Gasteiger partial charge in [0.1, 0.15) is 5.01 Å². The number of nitrogens with zero attached hydrogens (tertiary/aromatic N) is 3. The number of anilines is 1. The summed E-state index contributed by atoms with van der Waals surface area (Å²) in [5.41, 5.74) is 0.807. The number of hydrogen-bond donors (Lipinski definition) is 2. The van der Waals surface area contributed by atoms with Crippen molar-refractivity contribution < 1.29 is 4.79 Å². The molecule has 0 spiro atoms. The zero-order valence-corrected chi connectivity index (χ0v) is 10.9. The summed E-state index contributed by atoms with van der Waals surface area (Å²) in [4.78, 5) is 15.9. The molecule has 2 heterocycles. The smallest absolute Gasteiger partial charge is 0.321 e. The average Bonchev–Trinajstić information content (AvgIpc) is 2.75. The molecule has 18 heavy (non-hydrogen) atoms. The molecule has 6 nitrogen and oxygen atoms in total. The topological polar surface area (TPSA) is 79.8 Å². The van der Waals surface area contributed by atoms with E-state index in [1.165, 1.54) is 11.3 Å². The molecule has 2 aromatic rings. The Morgan fingerprint density at radius 3 is 2.83 bits per heavy atom. The monoisotopic (exact) mass is 263 g/mol. The highest BCUT2D eigenvalue weighted by molar-refractivity contribution is 7.15. The van der Waals surface area contributed by atoms with Gasteiger partial charge in [0, 0.05) is 6.20 Å². The van der Waals surface area contributed by atoms with E-state index in [9.17, 15) is 4.79 Å². The van der Waals surface area contributed by atoms with Crippen molar-refractivity contribution >= 4 is 22.5 Å². The summed E-state index contributed by atoms with van der Waals surface area (Å²) in [6.45, 7) is 3.70. The Labute approximate surface area is 108 Å². The standard InChI is InChI=1S/C11H13N5OS/c1-7(9-5-3-4-6-12-9)13-10(17)14-11-16-15-8(2)18-11/h3-7H,1-2H3,(H2,13,14,16,17)/t7-/m0/s1. The van der Waals surface area contributed by atoms with Crippen molar-refractivity contribution in [3.05, 3.63) is 35.1 Å². The fraction of sp³-hybridized carbons (Fsp3) is 0.273. The number of hydrogen-bond acceptors (Lipinski definition) is 5. The molecule has 0 aliphatic heterocycles. The van der Waals surface area contributed by atoms with Crippen LogP contribution in [0, 0.1) is 6.92 Å². The zero-order chi connectivity index (χ0) is 13.0. The number of rotatable bonds is 3. The van der Waals surface area contributed by atoms with Crippen LogP contribution in [0.3, 0.4) is 0 Å². The van der Waals surface area contributed by atoms with Crippen molar-refractivity contribution in [2.45, 2.75) is 19.9 Å². The molecule has 2 aromatic heterocycles. The Hall–Kier alpha value is -2.02. The van der Waals surface area contributed by atoms with Gasteiger partial charge in [0.05, 0.1) is 11.7 Å². The van der Waals surface area contributed by atoms with Crippen LogP contribution in [0.1, 0.15) is 23.7 Å². The number of aryl methyl sites for hydroxylation is 1. The van der Waals surface area contributed by atoms with E-state index in [4.69, 9.17) is 0 Å². The quantitative estimate of drug-likeness (QED) is 0.889. The molecule has 0 aliphatic rings. The molecule has 0 saturated heterocycles. The third-order valence-corrected chi connectivity index (χ3v) is 2.98.